The minimum absolute atomic E-state index is 0.338. The summed E-state index contributed by atoms with van der Waals surface area (Å²) in [5, 5.41) is 0. The Kier molecular flexibility index (Phi) is 4.32. The fourth-order valence-electron chi connectivity index (χ4n) is 2.40. The second-order valence-electron chi connectivity index (χ2n) is 5.03. The molecular weight excluding hydrogens is 250 g/mol. The summed E-state index contributed by atoms with van der Waals surface area (Å²) in [4.78, 5) is 4.75. The first-order valence-electron chi connectivity index (χ1n) is 7.18. The molecule has 108 valence electrons. The number of para-hydroxylation sites is 1. The van der Waals surface area contributed by atoms with Crippen LogP contribution in [0.3, 0.4) is 0 Å². The second-order valence-corrected chi connectivity index (χ2v) is 5.03. The van der Waals surface area contributed by atoms with Crippen molar-refractivity contribution in [2.75, 3.05) is 12.3 Å². The van der Waals surface area contributed by atoms with Crippen molar-refractivity contribution in [2.24, 2.45) is 0 Å². The Hall–Kier alpha value is -1.97. The number of rotatable bonds is 5. The Morgan fingerprint density at radius 2 is 1.95 bits per heavy atom. The van der Waals surface area contributed by atoms with Gasteiger partial charge in [0.1, 0.15) is 23.1 Å². The quantitative estimate of drug-likeness (QED) is 0.904. The summed E-state index contributed by atoms with van der Waals surface area (Å²) >= 11 is 0. The number of ether oxygens (including phenoxy) is 1. The third-order valence-electron chi connectivity index (χ3n) is 3.31. The molecule has 0 saturated carbocycles. The van der Waals surface area contributed by atoms with Crippen LogP contribution in [0.2, 0.25) is 0 Å². The van der Waals surface area contributed by atoms with Gasteiger partial charge in [-0.25, -0.2) is 4.98 Å². The van der Waals surface area contributed by atoms with E-state index in [-0.39, 0.29) is 0 Å². The second kappa shape index (κ2) is 5.99. The molecule has 2 rings (SSSR count). The van der Waals surface area contributed by atoms with Crippen LogP contribution in [0.1, 0.15) is 39.4 Å². The van der Waals surface area contributed by atoms with Crippen LogP contribution in [0.25, 0.3) is 11.3 Å². The summed E-state index contributed by atoms with van der Waals surface area (Å²) in [5.41, 5.74) is 8.07. The Labute approximate surface area is 120 Å². The molecule has 0 amide bonds. The van der Waals surface area contributed by atoms with Crippen molar-refractivity contribution in [3.05, 3.63) is 30.1 Å². The summed E-state index contributed by atoms with van der Waals surface area (Å²) < 4.78 is 7.76. The van der Waals surface area contributed by atoms with Gasteiger partial charge in [-0.15, -0.1) is 0 Å². The standard InChI is InChI=1S/C16H23N3O/c1-5-19-15(17)14(18-16(19)11(3)4)12-9-7-8-10-13(12)20-6-2/h7-11H,5-6,17H2,1-4H3. The topological polar surface area (TPSA) is 53.1 Å². The molecule has 1 aromatic heterocycles. The van der Waals surface area contributed by atoms with E-state index in [2.05, 4.69) is 25.3 Å². The Balaban J connectivity index is 2.59. The zero-order valence-corrected chi connectivity index (χ0v) is 12.7. The zero-order valence-electron chi connectivity index (χ0n) is 12.7. The number of nitrogens with zero attached hydrogens (tertiary/aromatic N) is 2. The average molecular weight is 273 g/mol. The van der Waals surface area contributed by atoms with Gasteiger partial charge < -0.3 is 15.0 Å². The van der Waals surface area contributed by atoms with Crippen LogP contribution in [0.15, 0.2) is 24.3 Å². The van der Waals surface area contributed by atoms with Crippen LogP contribution in [0.4, 0.5) is 5.82 Å². The molecule has 4 nitrogen and oxygen atoms in total. The number of nitrogen functional groups attached to an aromatic ring is 1. The molecule has 0 bridgehead atoms. The van der Waals surface area contributed by atoms with Gasteiger partial charge >= 0.3 is 0 Å². The van der Waals surface area contributed by atoms with E-state index >= 15 is 0 Å². The average Bonchev–Trinajstić information content (AvgIpc) is 2.77. The fourth-order valence-corrected chi connectivity index (χ4v) is 2.40. The van der Waals surface area contributed by atoms with E-state index in [4.69, 9.17) is 15.5 Å². The van der Waals surface area contributed by atoms with Crippen molar-refractivity contribution in [3.8, 4) is 17.0 Å². The third-order valence-corrected chi connectivity index (χ3v) is 3.31. The summed E-state index contributed by atoms with van der Waals surface area (Å²) in [6.07, 6.45) is 0. The van der Waals surface area contributed by atoms with Gasteiger partial charge in [0.05, 0.1) is 6.61 Å². The van der Waals surface area contributed by atoms with E-state index in [0.717, 1.165) is 29.4 Å². The van der Waals surface area contributed by atoms with E-state index in [1.807, 2.05) is 31.2 Å². The molecular formula is C16H23N3O. The van der Waals surface area contributed by atoms with Crippen LogP contribution in [0, 0.1) is 0 Å². The maximum Gasteiger partial charge on any atom is 0.131 e. The molecule has 4 heteroatoms. The van der Waals surface area contributed by atoms with Crippen molar-refractivity contribution < 1.29 is 4.74 Å². The predicted molar refractivity (Wildman–Crippen MR) is 83.0 cm³/mol. The van der Waals surface area contributed by atoms with Crippen molar-refractivity contribution >= 4 is 5.82 Å². The Morgan fingerprint density at radius 3 is 2.50 bits per heavy atom. The van der Waals surface area contributed by atoms with Crippen LogP contribution in [-0.4, -0.2) is 16.2 Å². The largest absolute Gasteiger partial charge is 0.493 e. The number of hydrogen-bond acceptors (Lipinski definition) is 3. The van der Waals surface area contributed by atoms with E-state index < -0.39 is 0 Å². The highest BCUT2D eigenvalue weighted by molar-refractivity contribution is 5.76. The fraction of sp³-hybridized carbons (Fsp3) is 0.438. The lowest BCUT2D eigenvalue weighted by atomic mass is 10.1. The molecule has 0 aliphatic carbocycles. The molecule has 1 aromatic carbocycles. The molecule has 0 spiro atoms. The molecule has 0 aliphatic rings. The first kappa shape index (κ1) is 14.4. The lowest BCUT2D eigenvalue weighted by Crippen LogP contribution is -2.06. The minimum Gasteiger partial charge on any atom is -0.493 e. The van der Waals surface area contributed by atoms with E-state index in [9.17, 15) is 0 Å². The first-order valence-corrected chi connectivity index (χ1v) is 7.18. The third kappa shape index (κ3) is 2.50. The first-order chi connectivity index (χ1) is 9.60. The van der Waals surface area contributed by atoms with Crippen LogP contribution >= 0.6 is 0 Å². The van der Waals surface area contributed by atoms with Crippen molar-refractivity contribution in [1.82, 2.24) is 9.55 Å². The van der Waals surface area contributed by atoms with Gasteiger partial charge in [0.2, 0.25) is 0 Å². The van der Waals surface area contributed by atoms with E-state index in [0.29, 0.717) is 18.3 Å². The molecule has 0 aliphatic heterocycles. The van der Waals surface area contributed by atoms with Gasteiger partial charge in [-0.3, -0.25) is 0 Å². The predicted octanol–water partition coefficient (Wildman–Crippen LogP) is 3.67. The zero-order chi connectivity index (χ0) is 14.7. The van der Waals surface area contributed by atoms with Gasteiger partial charge in [-0.1, -0.05) is 26.0 Å². The highest BCUT2D eigenvalue weighted by atomic mass is 16.5. The van der Waals surface area contributed by atoms with Crippen molar-refractivity contribution in [1.29, 1.82) is 0 Å². The van der Waals surface area contributed by atoms with Crippen LogP contribution < -0.4 is 10.5 Å². The molecule has 1 heterocycles. The van der Waals surface area contributed by atoms with Crippen molar-refractivity contribution in [3.63, 3.8) is 0 Å². The molecule has 0 unspecified atom stereocenters. The molecule has 0 fully saturated rings. The van der Waals surface area contributed by atoms with E-state index in [1.165, 1.54) is 0 Å². The van der Waals surface area contributed by atoms with Gasteiger partial charge in [-0.2, -0.15) is 0 Å². The molecule has 2 aromatic rings. The normalized spacial score (nSPS) is 11.1. The summed E-state index contributed by atoms with van der Waals surface area (Å²) in [6.45, 7) is 9.77. The number of nitrogens with two attached hydrogens (primary N) is 1. The lowest BCUT2D eigenvalue weighted by molar-refractivity contribution is 0.341. The Bertz CT molecular complexity index is 587. The number of imidazole rings is 1. The number of anilines is 1. The molecule has 2 N–H and O–H groups in total. The molecule has 0 saturated heterocycles. The molecule has 20 heavy (non-hydrogen) atoms. The van der Waals surface area contributed by atoms with Gasteiger partial charge in [0.25, 0.3) is 0 Å². The molecule has 0 atom stereocenters. The number of benzene rings is 1. The monoisotopic (exact) mass is 273 g/mol. The summed E-state index contributed by atoms with van der Waals surface area (Å²) in [5.74, 6) is 2.90. The maximum atomic E-state index is 6.29. The van der Waals surface area contributed by atoms with Crippen molar-refractivity contribution in [2.45, 2.75) is 40.2 Å². The highest BCUT2D eigenvalue weighted by Gasteiger charge is 2.19. The highest BCUT2D eigenvalue weighted by Crippen LogP contribution is 2.35. The Morgan fingerprint density at radius 1 is 1.25 bits per heavy atom. The smallest absolute Gasteiger partial charge is 0.131 e. The summed E-state index contributed by atoms with van der Waals surface area (Å²) in [7, 11) is 0. The van der Waals surface area contributed by atoms with Gasteiger partial charge in [0.15, 0.2) is 0 Å². The lowest BCUT2D eigenvalue weighted by Gasteiger charge is -2.09. The minimum atomic E-state index is 0.338. The van der Waals surface area contributed by atoms with Crippen LogP contribution in [-0.2, 0) is 6.54 Å². The van der Waals surface area contributed by atoms with Gasteiger partial charge in [-0.05, 0) is 26.0 Å². The number of aromatic nitrogens is 2. The van der Waals surface area contributed by atoms with E-state index in [1.54, 1.807) is 0 Å². The maximum absolute atomic E-state index is 6.29. The van der Waals surface area contributed by atoms with Gasteiger partial charge in [0, 0.05) is 18.0 Å². The van der Waals surface area contributed by atoms with Crippen LogP contribution in [0.5, 0.6) is 5.75 Å². The molecule has 0 radical (unpaired) electrons. The SMILES string of the molecule is CCOc1ccccc1-c1nc(C(C)C)n(CC)c1N. The summed E-state index contributed by atoms with van der Waals surface area (Å²) in [6, 6.07) is 7.91. The number of hydrogen-bond donors (Lipinski definition) is 1.